The molecule has 2 N–H and O–H groups in total. The van der Waals surface area contributed by atoms with Crippen LogP contribution in [-0.4, -0.2) is 11.0 Å². The number of hydrogen-bond donors (Lipinski definition) is 2. The van der Waals surface area contributed by atoms with E-state index in [1.165, 1.54) is 6.07 Å². The number of hydrogen-bond acceptors (Lipinski definition) is 3. The number of amides is 1. The SMILES string of the molecule is O=C(NCc1cc(Br)cs1)c1ccc(I)c(O)c1. The molecule has 2 rings (SSSR count). The largest absolute Gasteiger partial charge is 0.507 e. The highest BCUT2D eigenvalue weighted by atomic mass is 127. The number of rotatable bonds is 3. The van der Waals surface area contributed by atoms with Crippen molar-refractivity contribution in [3.05, 3.63) is 48.1 Å². The fourth-order valence-electron chi connectivity index (χ4n) is 1.37. The molecule has 1 aromatic heterocycles. The molecular weight excluding hydrogens is 429 g/mol. The molecule has 0 spiro atoms. The summed E-state index contributed by atoms with van der Waals surface area (Å²) in [5, 5.41) is 14.3. The van der Waals surface area contributed by atoms with E-state index in [2.05, 4.69) is 21.2 Å². The molecule has 0 saturated carbocycles. The molecule has 0 aliphatic heterocycles. The molecule has 0 aliphatic rings. The molecule has 0 aliphatic carbocycles. The average molecular weight is 438 g/mol. The molecule has 0 unspecified atom stereocenters. The van der Waals surface area contributed by atoms with Crippen LogP contribution in [0.15, 0.2) is 34.1 Å². The Morgan fingerprint density at radius 3 is 2.83 bits per heavy atom. The topological polar surface area (TPSA) is 49.3 Å². The number of nitrogens with one attached hydrogen (secondary N) is 1. The van der Waals surface area contributed by atoms with Crippen LogP contribution >= 0.6 is 49.9 Å². The van der Waals surface area contributed by atoms with E-state index in [0.29, 0.717) is 12.1 Å². The number of aromatic hydroxyl groups is 1. The second-order valence-corrected chi connectivity index (χ2v) is 6.65. The molecule has 94 valence electrons. The molecule has 0 bridgehead atoms. The zero-order valence-corrected chi connectivity index (χ0v) is 13.7. The molecule has 1 heterocycles. The van der Waals surface area contributed by atoms with Crippen LogP contribution in [0.1, 0.15) is 15.2 Å². The first-order valence-electron chi connectivity index (χ1n) is 5.06. The lowest BCUT2D eigenvalue weighted by atomic mass is 10.2. The first-order valence-corrected chi connectivity index (χ1v) is 7.81. The number of phenols is 1. The molecule has 0 atom stereocenters. The van der Waals surface area contributed by atoms with Crippen molar-refractivity contribution in [3.8, 4) is 5.75 Å². The Bertz CT molecular complexity index is 585. The van der Waals surface area contributed by atoms with Crippen molar-refractivity contribution in [2.75, 3.05) is 0 Å². The Labute approximate surface area is 130 Å². The van der Waals surface area contributed by atoms with E-state index in [9.17, 15) is 9.90 Å². The van der Waals surface area contributed by atoms with E-state index in [4.69, 9.17) is 0 Å². The lowest BCUT2D eigenvalue weighted by Crippen LogP contribution is -2.22. The standard InChI is InChI=1S/C12H9BrINO2S/c13-8-4-9(18-6-8)5-15-12(17)7-1-2-10(14)11(16)3-7/h1-4,6,16H,5H2,(H,15,17). The lowest BCUT2D eigenvalue weighted by molar-refractivity contribution is 0.0951. The predicted molar refractivity (Wildman–Crippen MR) is 84.0 cm³/mol. The second-order valence-electron chi connectivity index (χ2n) is 3.58. The summed E-state index contributed by atoms with van der Waals surface area (Å²) in [4.78, 5) is 12.9. The van der Waals surface area contributed by atoms with Gasteiger partial charge in [-0.2, -0.15) is 0 Å². The zero-order valence-electron chi connectivity index (χ0n) is 9.11. The lowest BCUT2D eigenvalue weighted by Gasteiger charge is -2.05. The maximum atomic E-state index is 11.9. The molecule has 0 fully saturated rings. The number of carbonyl (C=O) groups is 1. The first-order chi connectivity index (χ1) is 8.56. The first kappa shape index (κ1) is 13.8. The van der Waals surface area contributed by atoms with Gasteiger partial charge in [0, 0.05) is 20.3 Å². The maximum Gasteiger partial charge on any atom is 0.251 e. The van der Waals surface area contributed by atoms with Gasteiger partial charge in [0.15, 0.2) is 0 Å². The zero-order chi connectivity index (χ0) is 13.1. The Balaban J connectivity index is 2.01. The summed E-state index contributed by atoms with van der Waals surface area (Å²) < 4.78 is 1.75. The molecule has 1 amide bonds. The predicted octanol–water partition coefficient (Wildman–Crippen LogP) is 3.75. The Kier molecular flexibility index (Phi) is 4.63. The van der Waals surface area contributed by atoms with Crippen LogP contribution in [0.25, 0.3) is 0 Å². The Hall–Kier alpha value is -0.600. The number of halogens is 2. The van der Waals surface area contributed by atoms with Crippen LogP contribution < -0.4 is 5.32 Å². The molecule has 1 aromatic carbocycles. The summed E-state index contributed by atoms with van der Waals surface area (Å²) in [6.07, 6.45) is 0. The summed E-state index contributed by atoms with van der Waals surface area (Å²) in [6.45, 7) is 0.488. The maximum absolute atomic E-state index is 11.9. The van der Waals surface area contributed by atoms with E-state index in [-0.39, 0.29) is 11.7 Å². The van der Waals surface area contributed by atoms with Gasteiger partial charge in [-0.1, -0.05) is 0 Å². The van der Waals surface area contributed by atoms with Crippen LogP contribution in [0, 0.1) is 3.57 Å². The number of benzene rings is 1. The summed E-state index contributed by atoms with van der Waals surface area (Å²) in [7, 11) is 0. The Morgan fingerprint density at radius 1 is 1.44 bits per heavy atom. The fourth-order valence-corrected chi connectivity index (χ4v) is 3.10. The molecule has 0 radical (unpaired) electrons. The van der Waals surface area contributed by atoms with Crippen LogP contribution in [-0.2, 0) is 6.54 Å². The van der Waals surface area contributed by atoms with E-state index < -0.39 is 0 Å². The number of thiophene rings is 1. The summed E-state index contributed by atoms with van der Waals surface area (Å²) in [5.41, 5.74) is 0.462. The van der Waals surface area contributed by atoms with Gasteiger partial charge >= 0.3 is 0 Å². The quantitative estimate of drug-likeness (QED) is 0.718. The third-order valence-electron chi connectivity index (χ3n) is 2.25. The van der Waals surface area contributed by atoms with E-state index in [0.717, 1.165) is 12.9 Å². The minimum Gasteiger partial charge on any atom is -0.507 e. The minimum atomic E-state index is -0.189. The highest BCUT2D eigenvalue weighted by Gasteiger charge is 2.08. The van der Waals surface area contributed by atoms with Gasteiger partial charge in [0.05, 0.1) is 10.1 Å². The van der Waals surface area contributed by atoms with Crippen molar-refractivity contribution in [3.63, 3.8) is 0 Å². The number of carbonyl (C=O) groups excluding carboxylic acids is 1. The number of phenolic OH excluding ortho intramolecular Hbond substituents is 1. The molecule has 3 nitrogen and oxygen atoms in total. The monoisotopic (exact) mass is 437 g/mol. The summed E-state index contributed by atoms with van der Waals surface area (Å²) >= 11 is 6.96. The van der Waals surface area contributed by atoms with Crippen molar-refractivity contribution < 1.29 is 9.90 Å². The third kappa shape index (κ3) is 3.46. The van der Waals surface area contributed by atoms with E-state index in [1.54, 1.807) is 23.5 Å². The highest BCUT2D eigenvalue weighted by molar-refractivity contribution is 14.1. The van der Waals surface area contributed by atoms with Crippen molar-refractivity contribution in [2.45, 2.75) is 6.54 Å². The molecule has 18 heavy (non-hydrogen) atoms. The van der Waals surface area contributed by atoms with Crippen LogP contribution in [0.5, 0.6) is 5.75 Å². The second kappa shape index (κ2) is 6.03. The molecule has 0 saturated heterocycles. The van der Waals surface area contributed by atoms with Gasteiger partial charge in [-0.25, -0.2) is 0 Å². The average Bonchev–Trinajstić information content (AvgIpc) is 2.75. The van der Waals surface area contributed by atoms with Crippen molar-refractivity contribution >= 4 is 55.8 Å². The van der Waals surface area contributed by atoms with Gasteiger partial charge in [0.1, 0.15) is 5.75 Å². The Morgan fingerprint density at radius 2 is 2.22 bits per heavy atom. The van der Waals surface area contributed by atoms with Gasteiger partial charge in [-0.15, -0.1) is 11.3 Å². The third-order valence-corrected chi connectivity index (χ3v) is 4.86. The molecule has 6 heteroatoms. The van der Waals surface area contributed by atoms with Crippen LogP contribution in [0.3, 0.4) is 0 Å². The molecule has 2 aromatic rings. The van der Waals surface area contributed by atoms with Crippen molar-refractivity contribution in [1.82, 2.24) is 5.32 Å². The normalized spacial score (nSPS) is 10.3. The smallest absolute Gasteiger partial charge is 0.251 e. The van der Waals surface area contributed by atoms with Gasteiger partial charge in [-0.05, 0) is 62.8 Å². The fraction of sp³-hybridized carbons (Fsp3) is 0.0833. The highest BCUT2D eigenvalue weighted by Crippen LogP contribution is 2.21. The van der Waals surface area contributed by atoms with Crippen molar-refractivity contribution in [1.29, 1.82) is 0 Å². The summed E-state index contributed by atoms with van der Waals surface area (Å²) in [5.74, 6) is -0.0617. The van der Waals surface area contributed by atoms with Crippen LogP contribution in [0.4, 0.5) is 0 Å². The summed E-state index contributed by atoms with van der Waals surface area (Å²) in [6, 6.07) is 6.85. The van der Waals surface area contributed by atoms with Crippen molar-refractivity contribution in [2.24, 2.45) is 0 Å². The van der Waals surface area contributed by atoms with Gasteiger partial charge in [0.2, 0.25) is 0 Å². The van der Waals surface area contributed by atoms with Gasteiger partial charge < -0.3 is 10.4 Å². The minimum absolute atomic E-state index is 0.127. The van der Waals surface area contributed by atoms with E-state index in [1.807, 2.05) is 34.0 Å². The van der Waals surface area contributed by atoms with Gasteiger partial charge in [0.25, 0.3) is 5.91 Å². The van der Waals surface area contributed by atoms with E-state index >= 15 is 0 Å². The molecular formula is C12H9BrINO2S. The van der Waals surface area contributed by atoms with Crippen LogP contribution in [0.2, 0.25) is 0 Å². The van der Waals surface area contributed by atoms with Gasteiger partial charge in [-0.3, -0.25) is 4.79 Å².